The van der Waals surface area contributed by atoms with E-state index < -0.39 is 0 Å². The molecule has 3 N–H and O–H groups in total. The summed E-state index contributed by atoms with van der Waals surface area (Å²) in [5, 5.41) is 9.42. The lowest BCUT2D eigenvalue weighted by Crippen LogP contribution is -2.04. The number of nitrogens with two attached hydrogens (primary N) is 1. The Labute approximate surface area is 71.8 Å². The summed E-state index contributed by atoms with van der Waals surface area (Å²) < 4.78 is 5.06. The normalized spacial score (nSPS) is 9.83. The molecule has 0 fully saturated rings. The molecule has 0 bridgehead atoms. The van der Waals surface area contributed by atoms with Gasteiger partial charge in [-0.15, -0.1) is 0 Å². The molecule has 0 unspecified atom stereocenters. The smallest absolute Gasteiger partial charge is 0.125 e. The summed E-state index contributed by atoms with van der Waals surface area (Å²) in [6.45, 7) is 0.508. The molecule has 0 aromatic heterocycles. The van der Waals surface area contributed by atoms with Crippen molar-refractivity contribution in [1.29, 1.82) is 0 Å². The Bertz CT molecular complexity index is 261. The first-order valence-electron chi connectivity index (χ1n) is 3.84. The van der Waals surface area contributed by atoms with Crippen LogP contribution >= 0.6 is 0 Å². The predicted octanol–water partition coefficient (Wildman–Crippen LogP) is 0.902. The molecule has 0 radical (unpaired) electrons. The Morgan fingerprint density at radius 2 is 2.25 bits per heavy atom. The molecule has 0 saturated carbocycles. The van der Waals surface area contributed by atoms with Crippen LogP contribution < -0.4 is 10.5 Å². The molecule has 3 nitrogen and oxygen atoms in total. The number of hydrogen-bond acceptors (Lipinski definition) is 3. The molecular formula is C9H13NO2. The Morgan fingerprint density at radius 1 is 1.50 bits per heavy atom. The van der Waals surface area contributed by atoms with Crippen molar-refractivity contribution >= 4 is 0 Å². The Morgan fingerprint density at radius 3 is 2.83 bits per heavy atom. The van der Waals surface area contributed by atoms with E-state index in [1.165, 1.54) is 0 Å². The number of phenolic OH excluding ortho intramolecular Hbond substituents is 1. The van der Waals surface area contributed by atoms with Crippen molar-refractivity contribution < 1.29 is 9.84 Å². The molecule has 66 valence electrons. The van der Waals surface area contributed by atoms with Gasteiger partial charge in [-0.25, -0.2) is 0 Å². The van der Waals surface area contributed by atoms with E-state index in [4.69, 9.17) is 10.5 Å². The summed E-state index contributed by atoms with van der Waals surface area (Å²) in [6.07, 6.45) is 0.635. The maximum absolute atomic E-state index is 9.42. The summed E-state index contributed by atoms with van der Waals surface area (Å²) in [4.78, 5) is 0. The molecule has 0 saturated heterocycles. The van der Waals surface area contributed by atoms with E-state index in [1.54, 1.807) is 19.2 Å². The third kappa shape index (κ3) is 1.68. The van der Waals surface area contributed by atoms with Crippen LogP contribution in [0.5, 0.6) is 11.5 Å². The standard InChI is InChI=1S/C9H13NO2/c1-12-9-4-2-3-8(11)7(9)5-6-10/h2-4,11H,5-6,10H2,1H3. The van der Waals surface area contributed by atoms with Crippen LogP contribution in [0.15, 0.2) is 18.2 Å². The van der Waals surface area contributed by atoms with Crippen molar-refractivity contribution in [3.63, 3.8) is 0 Å². The fourth-order valence-electron chi connectivity index (χ4n) is 1.14. The second-order valence-electron chi connectivity index (χ2n) is 2.50. The summed E-state index contributed by atoms with van der Waals surface area (Å²) in [5.41, 5.74) is 6.17. The summed E-state index contributed by atoms with van der Waals surface area (Å²) in [6, 6.07) is 5.19. The second-order valence-corrected chi connectivity index (χ2v) is 2.50. The minimum Gasteiger partial charge on any atom is -0.508 e. The molecule has 1 aromatic rings. The maximum Gasteiger partial charge on any atom is 0.125 e. The third-order valence-corrected chi connectivity index (χ3v) is 1.72. The highest BCUT2D eigenvalue weighted by atomic mass is 16.5. The van der Waals surface area contributed by atoms with Gasteiger partial charge in [-0.3, -0.25) is 0 Å². The van der Waals surface area contributed by atoms with Gasteiger partial charge in [-0.2, -0.15) is 0 Å². The van der Waals surface area contributed by atoms with E-state index in [9.17, 15) is 5.11 Å². The van der Waals surface area contributed by atoms with Crippen molar-refractivity contribution in [2.24, 2.45) is 5.73 Å². The zero-order chi connectivity index (χ0) is 8.97. The molecule has 0 heterocycles. The molecule has 1 aromatic carbocycles. The van der Waals surface area contributed by atoms with Crippen LogP contribution in [0.25, 0.3) is 0 Å². The molecule has 0 aliphatic rings. The number of ether oxygens (including phenoxy) is 1. The zero-order valence-electron chi connectivity index (χ0n) is 7.08. The SMILES string of the molecule is COc1cccc(O)c1CCN. The molecule has 0 amide bonds. The van der Waals surface area contributed by atoms with Gasteiger partial charge in [0.1, 0.15) is 11.5 Å². The fourth-order valence-corrected chi connectivity index (χ4v) is 1.14. The van der Waals surface area contributed by atoms with E-state index in [2.05, 4.69) is 0 Å². The summed E-state index contributed by atoms with van der Waals surface area (Å²) in [7, 11) is 1.58. The van der Waals surface area contributed by atoms with E-state index in [0.717, 1.165) is 5.56 Å². The first-order chi connectivity index (χ1) is 5.79. The van der Waals surface area contributed by atoms with Crippen LogP contribution in [0, 0.1) is 0 Å². The minimum absolute atomic E-state index is 0.250. The van der Waals surface area contributed by atoms with Gasteiger partial charge in [-0.1, -0.05) is 6.07 Å². The van der Waals surface area contributed by atoms with Crippen LogP contribution in [0.2, 0.25) is 0 Å². The highest BCUT2D eigenvalue weighted by Gasteiger charge is 2.05. The van der Waals surface area contributed by atoms with Gasteiger partial charge in [0.2, 0.25) is 0 Å². The number of benzene rings is 1. The largest absolute Gasteiger partial charge is 0.508 e. The minimum atomic E-state index is 0.250. The number of aromatic hydroxyl groups is 1. The molecule has 0 aliphatic carbocycles. The monoisotopic (exact) mass is 167 g/mol. The van der Waals surface area contributed by atoms with Crippen molar-refractivity contribution in [3.05, 3.63) is 23.8 Å². The first-order valence-corrected chi connectivity index (χ1v) is 3.84. The van der Waals surface area contributed by atoms with Crippen molar-refractivity contribution in [3.8, 4) is 11.5 Å². The number of methoxy groups -OCH3 is 1. The molecule has 0 spiro atoms. The Kier molecular flexibility index (Phi) is 2.94. The topological polar surface area (TPSA) is 55.5 Å². The van der Waals surface area contributed by atoms with Crippen LogP contribution in [0.3, 0.4) is 0 Å². The van der Waals surface area contributed by atoms with Crippen LogP contribution in [-0.2, 0) is 6.42 Å². The van der Waals surface area contributed by atoms with Crippen LogP contribution in [-0.4, -0.2) is 18.8 Å². The van der Waals surface area contributed by atoms with Gasteiger partial charge in [0.25, 0.3) is 0 Å². The average Bonchev–Trinajstić information content (AvgIpc) is 2.09. The first kappa shape index (κ1) is 8.87. The maximum atomic E-state index is 9.42. The molecule has 0 atom stereocenters. The Balaban J connectivity index is 3.02. The number of hydrogen-bond donors (Lipinski definition) is 2. The summed E-state index contributed by atoms with van der Waals surface area (Å²) >= 11 is 0. The molecule has 3 heteroatoms. The zero-order valence-corrected chi connectivity index (χ0v) is 7.08. The lowest BCUT2D eigenvalue weighted by atomic mass is 10.1. The number of rotatable bonds is 3. The van der Waals surface area contributed by atoms with Gasteiger partial charge in [-0.05, 0) is 25.1 Å². The second kappa shape index (κ2) is 3.97. The van der Waals surface area contributed by atoms with Gasteiger partial charge >= 0.3 is 0 Å². The Hall–Kier alpha value is -1.22. The third-order valence-electron chi connectivity index (χ3n) is 1.72. The highest BCUT2D eigenvalue weighted by molar-refractivity contribution is 5.43. The van der Waals surface area contributed by atoms with Crippen molar-refractivity contribution in [2.45, 2.75) is 6.42 Å². The average molecular weight is 167 g/mol. The summed E-state index contributed by atoms with van der Waals surface area (Å²) in [5.74, 6) is 0.945. The molecular weight excluding hydrogens is 154 g/mol. The lowest BCUT2D eigenvalue weighted by molar-refractivity contribution is 0.400. The van der Waals surface area contributed by atoms with Gasteiger partial charge < -0.3 is 15.6 Å². The van der Waals surface area contributed by atoms with Gasteiger partial charge in [0.05, 0.1) is 7.11 Å². The molecule has 1 rings (SSSR count). The van der Waals surface area contributed by atoms with Crippen LogP contribution in [0.4, 0.5) is 0 Å². The highest BCUT2D eigenvalue weighted by Crippen LogP contribution is 2.26. The van der Waals surface area contributed by atoms with Gasteiger partial charge in [0, 0.05) is 5.56 Å². The van der Waals surface area contributed by atoms with Gasteiger partial charge in [0.15, 0.2) is 0 Å². The van der Waals surface area contributed by atoms with E-state index in [0.29, 0.717) is 18.7 Å². The molecule has 12 heavy (non-hydrogen) atoms. The fraction of sp³-hybridized carbons (Fsp3) is 0.333. The predicted molar refractivity (Wildman–Crippen MR) is 47.4 cm³/mol. The van der Waals surface area contributed by atoms with Crippen LogP contribution in [0.1, 0.15) is 5.56 Å². The van der Waals surface area contributed by atoms with Crippen molar-refractivity contribution in [1.82, 2.24) is 0 Å². The molecule has 0 aliphatic heterocycles. The quantitative estimate of drug-likeness (QED) is 0.703. The van der Waals surface area contributed by atoms with E-state index >= 15 is 0 Å². The van der Waals surface area contributed by atoms with E-state index in [-0.39, 0.29) is 5.75 Å². The lowest BCUT2D eigenvalue weighted by Gasteiger charge is -2.08. The number of phenols is 1. The van der Waals surface area contributed by atoms with E-state index in [1.807, 2.05) is 6.07 Å². The van der Waals surface area contributed by atoms with Crippen molar-refractivity contribution in [2.75, 3.05) is 13.7 Å².